The van der Waals surface area contributed by atoms with Crippen LogP contribution < -0.4 is 15.0 Å². The molecule has 8 heteroatoms. The fraction of sp³-hybridized carbons (Fsp3) is 0.421. The average Bonchev–Trinajstić information content (AvgIpc) is 3.22. The van der Waals surface area contributed by atoms with Gasteiger partial charge in [0.05, 0.1) is 12.2 Å². The number of alkyl halides is 3. The normalized spacial score (nSPS) is 21.1. The van der Waals surface area contributed by atoms with E-state index >= 15 is 0 Å². The number of likely N-dealkylation sites (tertiary alicyclic amines) is 1. The van der Waals surface area contributed by atoms with Crippen LogP contribution in [0.5, 0.6) is 5.75 Å². The monoisotopic (exact) mass is 382 g/mol. The van der Waals surface area contributed by atoms with E-state index in [0.717, 1.165) is 19.4 Å². The number of amides is 1. The Hall–Kier alpha value is -2.48. The predicted octanol–water partition coefficient (Wildman–Crippen LogP) is 2.67. The second kappa shape index (κ2) is 7.64. The van der Waals surface area contributed by atoms with E-state index in [9.17, 15) is 18.0 Å². The van der Waals surface area contributed by atoms with E-state index in [2.05, 4.69) is 20.7 Å². The average molecular weight is 382 g/mol. The third-order valence-electron chi connectivity index (χ3n) is 5.05. The SMILES string of the molecule is C[C@@H](C(=O)Nc1ccc(OC(F)(F)F)cc1)[NH+]1CCC[C@@H]1c1cccn1C. The smallest absolute Gasteiger partial charge is 0.406 e. The molecule has 1 aromatic heterocycles. The van der Waals surface area contributed by atoms with Crippen molar-refractivity contribution in [3.63, 3.8) is 0 Å². The van der Waals surface area contributed by atoms with Crippen molar-refractivity contribution in [1.29, 1.82) is 0 Å². The molecule has 0 spiro atoms. The number of aromatic nitrogens is 1. The van der Waals surface area contributed by atoms with Crippen molar-refractivity contribution in [2.75, 3.05) is 11.9 Å². The minimum absolute atomic E-state index is 0.157. The highest BCUT2D eigenvalue weighted by molar-refractivity contribution is 5.93. The molecule has 146 valence electrons. The van der Waals surface area contributed by atoms with E-state index in [4.69, 9.17) is 0 Å². The molecular weight excluding hydrogens is 359 g/mol. The summed E-state index contributed by atoms with van der Waals surface area (Å²) in [6.45, 7) is 2.79. The first kappa shape index (κ1) is 19.3. The largest absolute Gasteiger partial charge is 0.573 e. The van der Waals surface area contributed by atoms with Gasteiger partial charge in [-0.2, -0.15) is 0 Å². The molecule has 1 fully saturated rings. The topological polar surface area (TPSA) is 47.7 Å². The highest BCUT2D eigenvalue weighted by atomic mass is 19.4. The Morgan fingerprint density at radius 1 is 1.30 bits per heavy atom. The Morgan fingerprint density at radius 2 is 2.00 bits per heavy atom. The number of halogens is 3. The van der Waals surface area contributed by atoms with Crippen molar-refractivity contribution in [3.8, 4) is 5.75 Å². The number of rotatable bonds is 5. The number of aryl methyl sites for hydroxylation is 1. The first-order valence-corrected chi connectivity index (χ1v) is 8.88. The molecule has 0 saturated carbocycles. The maximum absolute atomic E-state index is 12.7. The summed E-state index contributed by atoms with van der Waals surface area (Å²) in [5.41, 5.74) is 1.64. The fourth-order valence-electron chi connectivity index (χ4n) is 3.72. The summed E-state index contributed by atoms with van der Waals surface area (Å²) in [6, 6.07) is 9.23. The Kier molecular flexibility index (Phi) is 5.46. The van der Waals surface area contributed by atoms with E-state index in [1.54, 1.807) is 0 Å². The first-order chi connectivity index (χ1) is 12.7. The molecule has 1 amide bonds. The van der Waals surface area contributed by atoms with Crippen LogP contribution in [0.3, 0.4) is 0 Å². The Labute approximate surface area is 155 Å². The van der Waals surface area contributed by atoms with E-state index in [1.165, 1.54) is 34.9 Å². The lowest BCUT2D eigenvalue weighted by Gasteiger charge is -2.27. The van der Waals surface area contributed by atoms with Crippen molar-refractivity contribution in [2.45, 2.75) is 38.2 Å². The summed E-state index contributed by atoms with van der Waals surface area (Å²) in [4.78, 5) is 13.9. The molecule has 1 aliphatic rings. The summed E-state index contributed by atoms with van der Waals surface area (Å²) in [5.74, 6) is -0.474. The quantitative estimate of drug-likeness (QED) is 0.835. The van der Waals surface area contributed by atoms with E-state index in [0.29, 0.717) is 5.69 Å². The van der Waals surface area contributed by atoms with Gasteiger partial charge in [-0.1, -0.05) is 0 Å². The van der Waals surface area contributed by atoms with E-state index < -0.39 is 6.36 Å². The summed E-state index contributed by atoms with van der Waals surface area (Å²) >= 11 is 0. The van der Waals surface area contributed by atoms with Gasteiger partial charge in [-0.3, -0.25) is 4.79 Å². The van der Waals surface area contributed by atoms with Crippen molar-refractivity contribution in [3.05, 3.63) is 48.3 Å². The van der Waals surface area contributed by atoms with Gasteiger partial charge in [0.15, 0.2) is 6.04 Å². The second-order valence-electron chi connectivity index (χ2n) is 6.85. The van der Waals surface area contributed by atoms with Crippen LogP contribution in [0.1, 0.15) is 31.5 Å². The highest BCUT2D eigenvalue weighted by Crippen LogP contribution is 2.24. The fourth-order valence-corrected chi connectivity index (χ4v) is 3.72. The number of hydrogen-bond donors (Lipinski definition) is 2. The van der Waals surface area contributed by atoms with Crippen LogP contribution in [0.4, 0.5) is 18.9 Å². The second-order valence-corrected chi connectivity index (χ2v) is 6.85. The third-order valence-corrected chi connectivity index (χ3v) is 5.05. The first-order valence-electron chi connectivity index (χ1n) is 8.88. The third kappa shape index (κ3) is 4.63. The van der Waals surface area contributed by atoms with Crippen LogP contribution in [0, 0.1) is 0 Å². The molecule has 0 bridgehead atoms. The molecule has 0 radical (unpaired) electrons. The summed E-state index contributed by atoms with van der Waals surface area (Å²) in [6.07, 6.45) is -0.661. The zero-order valence-corrected chi connectivity index (χ0v) is 15.2. The molecule has 0 aliphatic carbocycles. The Balaban J connectivity index is 1.64. The van der Waals surface area contributed by atoms with Gasteiger partial charge < -0.3 is 19.5 Å². The van der Waals surface area contributed by atoms with Crippen molar-refractivity contribution < 1.29 is 27.6 Å². The Morgan fingerprint density at radius 3 is 2.59 bits per heavy atom. The van der Waals surface area contributed by atoms with Gasteiger partial charge in [0.2, 0.25) is 0 Å². The summed E-state index contributed by atoms with van der Waals surface area (Å²) in [5, 5.41) is 2.79. The molecular formula is C19H23F3N3O2+. The zero-order valence-electron chi connectivity index (χ0n) is 15.2. The van der Waals surface area contributed by atoms with E-state index in [1.807, 2.05) is 26.2 Å². The van der Waals surface area contributed by atoms with Crippen LogP contribution >= 0.6 is 0 Å². The minimum atomic E-state index is -4.73. The van der Waals surface area contributed by atoms with Gasteiger partial charge in [0.1, 0.15) is 11.8 Å². The van der Waals surface area contributed by atoms with Gasteiger partial charge in [-0.05, 0) is 43.3 Å². The van der Waals surface area contributed by atoms with Crippen molar-refractivity contribution in [1.82, 2.24) is 4.57 Å². The standard InChI is InChI=1S/C19H22F3N3O2/c1-13(25-12-4-6-17(25)16-5-3-11-24(16)2)18(26)23-14-7-9-15(10-8-14)27-19(20,21)22/h3,5,7-11,13,17H,4,6,12H2,1-2H3,(H,23,26)/p+1/t13-,17+/m0/s1. The number of quaternary nitrogens is 1. The van der Waals surface area contributed by atoms with Crippen LogP contribution in [0.15, 0.2) is 42.6 Å². The molecule has 27 heavy (non-hydrogen) atoms. The molecule has 2 aromatic rings. The van der Waals surface area contributed by atoms with Crippen LogP contribution in [-0.4, -0.2) is 29.4 Å². The lowest BCUT2D eigenvalue weighted by molar-refractivity contribution is -0.932. The van der Waals surface area contributed by atoms with Gasteiger partial charge >= 0.3 is 6.36 Å². The van der Waals surface area contributed by atoms with Crippen molar-refractivity contribution in [2.24, 2.45) is 7.05 Å². The Bertz CT molecular complexity index is 786. The maximum atomic E-state index is 12.7. The molecule has 1 aromatic carbocycles. The van der Waals surface area contributed by atoms with Gasteiger partial charge in [-0.25, -0.2) is 0 Å². The van der Waals surface area contributed by atoms with E-state index in [-0.39, 0.29) is 23.7 Å². The number of nitrogens with zero attached hydrogens (tertiary/aromatic N) is 1. The number of carbonyl (C=O) groups excluding carboxylic acids is 1. The molecule has 2 heterocycles. The van der Waals surface area contributed by atoms with Crippen LogP contribution in [0.2, 0.25) is 0 Å². The van der Waals surface area contributed by atoms with Gasteiger partial charge in [0.25, 0.3) is 5.91 Å². The minimum Gasteiger partial charge on any atom is -0.406 e. The zero-order chi connectivity index (χ0) is 19.6. The lowest BCUT2D eigenvalue weighted by atomic mass is 10.1. The molecule has 1 saturated heterocycles. The molecule has 1 aliphatic heterocycles. The van der Waals surface area contributed by atoms with Crippen LogP contribution in [-0.2, 0) is 11.8 Å². The van der Waals surface area contributed by atoms with Gasteiger partial charge in [-0.15, -0.1) is 13.2 Å². The number of nitrogens with one attached hydrogen (secondary N) is 2. The lowest BCUT2D eigenvalue weighted by Crippen LogP contribution is -3.15. The molecule has 3 rings (SSSR count). The van der Waals surface area contributed by atoms with Gasteiger partial charge in [0, 0.05) is 31.8 Å². The highest BCUT2D eigenvalue weighted by Gasteiger charge is 2.38. The maximum Gasteiger partial charge on any atom is 0.573 e. The van der Waals surface area contributed by atoms with Crippen LogP contribution in [0.25, 0.3) is 0 Å². The molecule has 2 N–H and O–H groups in total. The summed E-state index contributed by atoms with van der Waals surface area (Å²) in [7, 11) is 2.00. The predicted molar refractivity (Wildman–Crippen MR) is 94.4 cm³/mol. The molecule has 3 atom stereocenters. The number of carbonyl (C=O) groups is 1. The number of hydrogen-bond acceptors (Lipinski definition) is 2. The van der Waals surface area contributed by atoms with Crippen molar-refractivity contribution >= 4 is 11.6 Å². The molecule has 1 unspecified atom stereocenters. The number of ether oxygens (including phenoxy) is 1. The molecule has 5 nitrogen and oxygen atoms in total. The number of anilines is 1. The summed E-state index contributed by atoms with van der Waals surface area (Å²) < 4.78 is 42.6. The number of benzene rings is 1.